The molecule has 1 aromatic carbocycles. The number of piperidine rings is 1. The summed E-state index contributed by atoms with van der Waals surface area (Å²) in [4.78, 5) is 23.7. The molecule has 6 nitrogen and oxygen atoms in total. The molecule has 0 aliphatic carbocycles. The zero-order chi connectivity index (χ0) is 15.4. The molecule has 1 fully saturated rings. The van der Waals surface area contributed by atoms with Crippen LogP contribution in [-0.2, 0) is 4.79 Å². The van der Waals surface area contributed by atoms with Gasteiger partial charge in [-0.2, -0.15) is 0 Å². The maximum atomic E-state index is 12.1. The fourth-order valence-corrected chi connectivity index (χ4v) is 2.91. The first-order chi connectivity index (χ1) is 9.95. The number of carbonyl (C=O) groups is 1. The molecule has 1 heterocycles. The van der Waals surface area contributed by atoms with Gasteiger partial charge >= 0.3 is 0 Å². The van der Waals surface area contributed by atoms with E-state index in [1.54, 1.807) is 0 Å². The number of hydrogen-bond donors (Lipinski definition) is 2. The Kier molecular flexibility index (Phi) is 5.14. The average molecular weight is 313 g/mol. The number of likely N-dealkylation sites (tertiary alicyclic amines) is 1. The van der Waals surface area contributed by atoms with E-state index in [1.807, 2.05) is 0 Å². The number of nitro groups is 1. The number of anilines is 1. The summed E-state index contributed by atoms with van der Waals surface area (Å²) in [5, 5.41) is 13.9. The van der Waals surface area contributed by atoms with Crippen LogP contribution in [0.15, 0.2) is 18.2 Å². The number of nitrogens with zero attached hydrogens (tertiary/aromatic N) is 1. The first-order valence-corrected chi connectivity index (χ1v) is 7.41. The SMILES string of the molecule is C[C@H]1CCC[NH+](CC(=O)Nc2ccc(Cl)cc2[N+](=O)[O-])C1. The molecule has 1 aliphatic rings. The van der Waals surface area contributed by atoms with E-state index < -0.39 is 4.92 Å². The molecule has 7 heteroatoms. The van der Waals surface area contributed by atoms with Gasteiger partial charge in [0.1, 0.15) is 5.69 Å². The summed E-state index contributed by atoms with van der Waals surface area (Å²) in [6, 6.07) is 4.24. The highest BCUT2D eigenvalue weighted by Crippen LogP contribution is 2.27. The molecule has 1 aromatic rings. The third-order valence-electron chi connectivity index (χ3n) is 3.71. The summed E-state index contributed by atoms with van der Waals surface area (Å²) in [5.74, 6) is 0.413. The van der Waals surface area contributed by atoms with Crippen LogP contribution in [0.3, 0.4) is 0 Å². The Morgan fingerprint density at radius 1 is 1.57 bits per heavy atom. The van der Waals surface area contributed by atoms with Crippen LogP contribution < -0.4 is 10.2 Å². The fraction of sp³-hybridized carbons (Fsp3) is 0.500. The van der Waals surface area contributed by atoms with Gasteiger partial charge in [0, 0.05) is 17.0 Å². The molecule has 0 spiro atoms. The van der Waals surface area contributed by atoms with Gasteiger partial charge in [-0.3, -0.25) is 14.9 Å². The van der Waals surface area contributed by atoms with Crippen molar-refractivity contribution in [2.45, 2.75) is 19.8 Å². The lowest BCUT2D eigenvalue weighted by Crippen LogP contribution is -3.14. The van der Waals surface area contributed by atoms with Gasteiger partial charge < -0.3 is 10.2 Å². The lowest BCUT2D eigenvalue weighted by atomic mass is 10.0. The van der Waals surface area contributed by atoms with Gasteiger partial charge in [0.2, 0.25) is 0 Å². The Hall–Kier alpha value is -1.66. The highest BCUT2D eigenvalue weighted by molar-refractivity contribution is 6.31. The third kappa shape index (κ3) is 4.41. The first kappa shape index (κ1) is 15.7. The number of carbonyl (C=O) groups excluding carboxylic acids is 1. The molecule has 0 saturated carbocycles. The van der Waals surface area contributed by atoms with Crippen molar-refractivity contribution < 1.29 is 14.6 Å². The van der Waals surface area contributed by atoms with E-state index in [2.05, 4.69) is 12.2 Å². The summed E-state index contributed by atoms with van der Waals surface area (Å²) in [7, 11) is 0. The van der Waals surface area contributed by atoms with Crippen LogP contribution >= 0.6 is 11.6 Å². The fourth-order valence-electron chi connectivity index (χ4n) is 2.74. The second kappa shape index (κ2) is 6.87. The average Bonchev–Trinajstić information content (AvgIpc) is 2.40. The number of rotatable bonds is 4. The predicted octanol–water partition coefficient (Wildman–Crippen LogP) is 1.50. The van der Waals surface area contributed by atoms with Crippen molar-refractivity contribution in [2.24, 2.45) is 5.92 Å². The molecule has 2 rings (SSSR count). The summed E-state index contributed by atoms with van der Waals surface area (Å²) in [5.41, 5.74) is 0.0109. The topological polar surface area (TPSA) is 76.7 Å². The van der Waals surface area contributed by atoms with Gasteiger partial charge in [-0.1, -0.05) is 18.5 Å². The van der Waals surface area contributed by atoms with Gasteiger partial charge in [0.05, 0.1) is 18.0 Å². The standard InChI is InChI=1S/C14H18ClN3O3/c1-10-3-2-6-17(8-10)9-14(19)16-12-5-4-11(15)7-13(12)18(20)21/h4-5,7,10H,2-3,6,8-9H2,1H3,(H,16,19)/p+1/t10-/m0/s1. The van der Waals surface area contributed by atoms with Crippen molar-refractivity contribution in [3.8, 4) is 0 Å². The van der Waals surface area contributed by atoms with Crippen molar-refractivity contribution in [1.82, 2.24) is 0 Å². The number of nitro benzene ring substituents is 1. The molecule has 1 unspecified atom stereocenters. The molecule has 0 radical (unpaired) electrons. The van der Waals surface area contributed by atoms with E-state index >= 15 is 0 Å². The first-order valence-electron chi connectivity index (χ1n) is 7.03. The largest absolute Gasteiger partial charge is 0.327 e. The maximum Gasteiger partial charge on any atom is 0.294 e. The van der Waals surface area contributed by atoms with E-state index in [0.29, 0.717) is 12.5 Å². The molecule has 0 bridgehead atoms. The monoisotopic (exact) mass is 312 g/mol. The highest BCUT2D eigenvalue weighted by Gasteiger charge is 2.23. The molecule has 2 atom stereocenters. The number of benzene rings is 1. The second-order valence-corrected chi connectivity index (χ2v) is 6.03. The molecule has 2 N–H and O–H groups in total. The van der Waals surface area contributed by atoms with Crippen molar-refractivity contribution in [3.05, 3.63) is 33.3 Å². The molecule has 21 heavy (non-hydrogen) atoms. The zero-order valence-electron chi connectivity index (χ0n) is 11.9. The zero-order valence-corrected chi connectivity index (χ0v) is 12.7. The summed E-state index contributed by atoms with van der Waals surface area (Å²) in [6.07, 6.45) is 2.32. The van der Waals surface area contributed by atoms with Gasteiger partial charge in [0.25, 0.3) is 11.6 Å². The van der Waals surface area contributed by atoms with E-state index in [1.165, 1.54) is 29.5 Å². The van der Waals surface area contributed by atoms with Crippen LogP contribution in [-0.4, -0.2) is 30.5 Å². The normalized spacial score (nSPS) is 21.8. The lowest BCUT2D eigenvalue weighted by molar-refractivity contribution is -0.900. The molecule has 1 aliphatic heterocycles. The Morgan fingerprint density at radius 3 is 3.00 bits per heavy atom. The van der Waals surface area contributed by atoms with E-state index in [0.717, 1.165) is 19.5 Å². The minimum absolute atomic E-state index is 0.183. The van der Waals surface area contributed by atoms with Crippen molar-refractivity contribution in [3.63, 3.8) is 0 Å². The minimum Gasteiger partial charge on any atom is -0.327 e. The van der Waals surface area contributed by atoms with Gasteiger partial charge in [0.15, 0.2) is 6.54 Å². The summed E-state index contributed by atoms with van der Waals surface area (Å²) < 4.78 is 0. The molecule has 0 aromatic heterocycles. The van der Waals surface area contributed by atoms with Gasteiger partial charge in [-0.25, -0.2) is 0 Å². The van der Waals surface area contributed by atoms with Crippen LogP contribution in [0, 0.1) is 16.0 Å². The third-order valence-corrected chi connectivity index (χ3v) is 3.94. The summed E-state index contributed by atoms with van der Waals surface area (Å²) in [6.45, 7) is 4.46. The molecular formula is C14H19ClN3O3+. The predicted molar refractivity (Wildman–Crippen MR) is 80.7 cm³/mol. The van der Waals surface area contributed by atoms with Crippen molar-refractivity contribution in [2.75, 3.05) is 25.0 Å². The van der Waals surface area contributed by atoms with Crippen molar-refractivity contribution >= 4 is 28.9 Å². The Balaban J connectivity index is 2.01. The second-order valence-electron chi connectivity index (χ2n) is 5.60. The van der Waals surface area contributed by atoms with Gasteiger partial charge in [-0.05, 0) is 25.0 Å². The summed E-state index contributed by atoms with van der Waals surface area (Å²) >= 11 is 5.75. The number of quaternary nitrogens is 1. The van der Waals surface area contributed by atoms with Crippen LogP contribution in [0.4, 0.5) is 11.4 Å². The number of hydrogen-bond acceptors (Lipinski definition) is 3. The number of nitrogens with one attached hydrogen (secondary N) is 2. The quantitative estimate of drug-likeness (QED) is 0.653. The Morgan fingerprint density at radius 2 is 2.33 bits per heavy atom. The number of halogens is 1. The van der Waals surface area contributed by atoms with Crippen LogP contribution in [0.2, 0.25) is 5.02 Å². The molecule has 114 valence electrons. The highest BCUT2D eigenvalue weighted by atomic mass is 35.5. The molecule has 1 amide bonds. The lowest BCUT2D eigenvalue weighted by Gasteiger charge is -2.27. The minimum atomic E-state index is -0.544. The van der Waals surface area contributed by atoms with Gasteiger partial charge in [-0.15, -0.1) is 0 Å². The molecular weight excluding hydrogens is 294 g/mol. The number of amides is 1. The maximum absolute atomic E-state index is 12.1. The van der Waals surface area contributed by atoms with Crippen molar-refractivity contribution in [1.29, 1.82) is 0 Å². The smallest absolute Gasteiger partial charge is 0.294 e. The van der Waals surface area contributed by atoms with E-state index in [9.17, 15) is 14.9 Å². The van der Waals surface area contributed by atoms with Crippen LogP contribution in [0.1, 0.15) is 19.8 Å². The molecule has 1 saturated heterocycles. The van der Waals surface area contributed by atoms with Crippen LogP contribution in [0.5, 0.6) is 0 Å². The Labute approximate surface area is 128 Å². The van der Waals surface area contributed by atoms with E-state index in [4.69, 9.17) is 11.6 Å². The Bertz CT molecular complexity index is 550. The van der Waals surface area contributed by atoms with Crippen LogP contribution in [0.25, 0.3) is 0 Å². The van der Waals surface area contributed by atoms with E-state index in [-0.39, 0.29) is 22.3 Å².